The van der Waals surface area contributed by atoms with E-state index >= 15 is 0 Å². The number of carbonyl (C=O) groups is 1. The molecule has 0 atom stereocenters. The third-order valence-electron chi connectivity index (χ3n) is 5.14. The molecular weight excluding hydrogens is 372 g/mol. The molecule has 0 aliphatic carbocycles. The van der Waals surface area contributed by atoms with Crippen LogP contribution in [0.15, 0.2) is 48.5 Å². The lowest BCUT2D eigenvalue weighted by Crippen LogP contribution is -2.35. The summed E-state index contributed by atoms with van der Waals surface area (Å²) in [5, 5.41) is 4.52. The molecule has 0 bridgehead atoms. The van der Waals surface area contributed by atoms with E-state index in [4.69, 9.17) is 5.73 Å². The number of hydrogen-bond donors (Lipinski definition) is 1. The second-order valence-corrected chi connectivity index (χ2v) is 7.19. The highest BCUT2D eigenvalue weighted by molar-refractivity contribution is 6.07. The topological polar surface area (TPSA) is 64.2 Å². The van der Waals surface area contributed by atoms with Crippen LogP contribution in [0.25, 0.3) is 0 Å². The smallest absolute Gasteiger partial charge is 0.258 e. The number of nitrogen functional groups attached to an aromatic ring is 1. The van der Waals surface area contributed by atoms with Crippen molar-refractivity contribution in [2.75, 3.05) is 17.2 Å². The average Bonchev–Trinajstić information content (AvgIpc) is 2.98. The Bertz CT molecular complexity index is 1010. The maximum Gasteiger partial charge on any atom is 0.258 e. The number of hydrogen-bond acceptors (Lipinski definition) is 3. The normalized spacial score (nSPS) is 13.0. The fourth-order valence-electron chi connectivity index (χ4n) is 3.83. The summed E-state index contributed by atoms with van der Waals surface area (Å²) in [6.07, 6.45) is 1.85. The number of amides is 1. The van der Waals surface area contributed by atoms with Crippen LogP contribution >= 0.6 is 12.4 Å². The van der Waals surface area contributed by atoms with Crippen LogP contribution in [0.2, 0.25) is 0 Å². The molecule has 0 spiro atoms. The third kappa shape index (κ3) is 3.76. The van der Waals surface area contributed by atoms with Crippen molar-refractivity contribution in [2.24, 2.45) is 0 Å². The molecule has 0 radical (unpaired) electrons. The zero-order valence-corrected chi connectivity index (χ0v) is 17.0. The molecule has 1 aliphatic heterocycles. The lowest BCUT2D eigenvalue weighted by molar-refractivity contribution is 0.0985. The molecule has 4 rings (SSSR count). The van der Waals surface area contributed by atoms with E-state index in [0.29, 0.717) is 12.1 Å². The predicted molar refractivity (Wildman–Crippen MR) is 115 cm³/mol. The van der Waals surface area contributed by atoms with Crippen molar-refractivity contribution in [1.29, 1.82) is 0 Å². The van der Waals surface area contributed by atoms with Gasteiger partial charge in [0.1, 0.15) is 0 Å². The molecule has 28 heavy (non-hydrogen) atoms. The highest BCUT2D eigenvalue weighted by atomic mass is 35.5. The van der Waals surface area contributed by atoms with E-state index in [9.17, 15) is 4.79 Å². The van der Waals surface area contributed by atoms with Gasteiger partial charge in [-0.15, -0.1) is 12.4 Å². The minimum atomic E-state index is 0. The molecular formula is C22H25ClN4O. The highest BCUT2D eigenvalue weighted by Crippen LogP contribution is 2.32. The molecule has 0 fully saturated rings. The molecule has 2 N–H and O–H groups in total. The quantitative estimate of drug-likeness (QED) is 0.676. The number of aryl methyl sites for hydroxylation is 2. The number of halogens is 1. The SMILES string of the molecule is Cc1cc(C)n(Cc2cccc(C(=O)N3CCCc4c(N)cccc43)c2)n1.Cl. The predicted octanol–water partition coefficient (Wildman–Crippen LogP) is 4.15. The molecule has 6 heteroatoms. The summed E-state index contributed by atoms with van der Waals surface area (Å²) in [6, 6.07) is 15.7. The molecule has 3 aromatic rings. The minimum absolute atomic E-state index is 0. The number of anilines is 2. The summed E-state index contributed by atoms with van der Waals surface area (Å²) < 4.78 is 1.97. The minimum Gasteiger partial charge on any atom is -0.398 e. The summed E-state index contributed by atoms with van der Waals surface area (Å²) in [4.78, 5) is 15.1. The van der Waals surface area contributed by atoms with Gasteiger partial charge >= 0.3 is 0 Å². The zero-order valence-electron chi connectivity index (χ0n) is 16.2. The molecule has 5 nitrogen and oxygen atoms in total. The van der Waals surface area contributed by atoms with E-state index < -0.39 is 0 Å². The first-order valence-electron chi connectivity index (χ1n) is 9.32. The maximum absolute atomic E-state index is 13.2. The van der Waals surface area contributed by atoms with Gasteiger partial charge in [-0.3, -0.25) is 9.48 Å². The molecule has 2 heterocycles. The summed E-state index contributed by atoms with van der Waals surface area (Å²) >= 11 is 0. The highest BCUT2D eigenvalue weighted by Gasteiger charge is 2.24. The summed E-state index contributed by atoms with van der Waals surface area (Å²) in [5.41, 5.74) is 12.8. The van der Waals surface area contributed by atoms with Gasteiger partial charge in [-0.2, -0.15) is 5.10 Å². The van der Waals surface area contributed by atoms with Crippen molar-refractivity contribution in [3.63, 3.8) is 0 Å². The monoisotopic (exact) mass is 396 g/mol. The fraction of sp³-hybridized carbons (Fsp3) is 0.273. The van der Waals surface area contributed by atoms with Gasteiger partial charge in [-0.1, -0.05) is 18.2 Å². The third-order valence-corrected chi connectivity index (χ3v) is 5.14. The molecule has 2 aromatic carbocycles. The van der Waals surface area contributed by atoms with Crippen molar-refractivity contribution in [2.45, 2.75) is 33.2 Å². The summed E-state index contributed by atoms with van der Waals surface area (Å²) in [5.74, 6) is 0.0248. The van der Waals surface area contributed by atoms with E-state index in [1.807, 2.05) is 65.9 Å². The van der Waals surface area contributed by atoms with Crippen LogP contribution in [0.3, 0.4) is 0 Å². The Morgan fingerprint density at radius 2 is 1.93 bits per heavy atom. The Labute approximate surface area is 171 Å². The zero-order chi connectivity index (χ0) is 19.0. The van der Waals surface area contributed by atoms with E-state index in [0.717, 1.165) is 53.3 Å². The first-order valence-corrected chi connectivity index (χ1v) is 9.32. The largest absolute Gasteiger partial charge is 0.398 e. The van der Waals surface area contributed by atoms with Gasteiger partial charge in [0.25, 0.3) is 5.91 Å². The number of carbonyl (C=O) groups excluding carboxylic acids is 1. The van der Waals surface area contributed by atoms with Crippen LogP contribution in [0.1, 0.15) is 39.3 Å². The molecule has 1 aliphatic rings. The number of nitrogens with zero attached hydrogens (tertiary/aromatic N) is 3. The lowest BCUT2D eigenvalue weighted by Gasteiger charge is -2.30. The second-order valence-electron chi connectivity index (χ2n) is 7.19. The van der Waals surface area contributed by atoms with Crippen molar-refractivity contribution < 1.29 is 4.79 Å². The standard InChI is InChI=1S/C22H24N4O.ClH/c1-15-12-16(2)26(24-15)14-17-6-3-7-18(13-17)22(27)25-11-5-8-19-20(23)9-4-10-21(19)25;/h3-4,6-7,9-10,12-13H,5,8,11,14,23H2,1-2H3;1H. The van der Waals surface area contributed by atoms with E-state index in [-0.39, 0.29) is 18.3 Å². The molecule has 146 valence electrons. The van der Waals surface area contributed by atoms with Crippen LogP contribution in [0.4, 0.5) is 11.4 Å². The first-order chi connectivity index (χ1) is 13.0. The molecule has 1 aromatic heterocycles. The number of benzene rings is 2. The fourth-order valence-corrected chi connectivity index (χ4v) is 3.83. The Morgan fingerprint density at radius 3 is 2.68 bits per heavy atom. The molecule has 0 saturated carbocycles. The summed E-state index contributed by atoms with van der Waals surface area (Å²) in [7, 11) is 0. The van der Waals surface area contributed by atoms with Gasteiger partial charge in [0, 0.05) is 29.2 Å². The maximum atomic E-state index is 13.2. The van der Waals surface area contributed by atoms with Crippen molar-refractivity contribution in [3.8, 4) is 0 Å². The van der Waals surface area contributed by atoms with Crippen molar-refractivity contribution >= 4 is 29.7 Å². The van der Waals surface area contributed by atoms with E-state index in [2.05, 4.69) is 11.2 Å². The number of aromatic nitrogens is 2. The first kappa shape index (κ1) is 20.0. The Hall–Kier alpha value is -2.79. The van der Waals surface area contributed by atoms with Crippen LogP contribution in [0, 0.1) is 13.8 Å². The average molecular weight is 397 g/mol. The van der Waals surface area contributed by atoms with Gasteiger partial charge in [0.15, 0.2) is 0 Å². The van der Waals surface area contributed by atoms with E-state index in [1.54, 1.807) is 0 Å². The number of nitrogens with two attached hydrogens (primary N) is 1. The lowest BCUT2D eigenvalue weighted by atomic mass is 9.98. The van der Waals surface area contributed by atoms with Gasteiger partial charge < -0.3 is 10.6 Å². The molecule has 0 saturated heterocycles. The molecule has 0 unspecified atom stereocenters. The van der Waals surface area contributed by atoms with Gasteiger partial charge in [-0.25, -0.2) is 0 Å². The molecule has 1 amide bonds. The van der Waals surface area contributed by atoms with Crippen LogP contribution in [0.5, 0.6) is 0 Å². The summed E-state index contributed by atoms with van der Waals surface area (Å²) in [6.45, 7) is 5.41. The van der Waals surface area contributed by atoms with Crippen molar-refractivity contribution in [1.82, 2.24) is 9.78 Å². The van der Waals surface area contributed by atoms with Crippen molar-refractivity contribution in [3.05, 3.63) is 76.6 Å². The van der Waals surface area contributed by atoms with Gasteiger partial charge in [-0.05, 0) is 68.1 Å². The van der Waals surface area contributed by atoms with Crippen LogP contribution < -0.4 is 10.6 Å². The number of rotatable bonds is 3. The Kier molecular flexibility index (Phi) is 5.75. The van der Waals surface area contributed by atoms with E-state index in [1.165, 1.54) is 0 Å². The Morgan fingerprint density at radius 1 is 1.14 bits per heavy atom. The second kappa shape index (κ2) is 8.07. The Balaban J connectivity index is 0.00000225. The number of fused-ring (bicyclic) bond motifs is 1. The van der Waals surface area contributed by atoms with Crippen LogP contribution in [-0.4, -0.2) is 22.2 Å². The van der Waals surface area contributed by atoms with Gasteiger partial charge in [0.2, 0.25) is 0 Å². The van der Waals surface area contributed by atoms with Gasteiger partial charge in [0.05, 0.1) is 12.2 Å². The van der Waals surface area contributed by atoms with Crippen LogP contribution in [-0.2, 0) is 13.0 Å².